The Morgan fingerprint density at radius 1 is 1.22 bits per heavy atom. The fourth-order valence-electron chi connectivity index (χ4n) is 1.74. The summed E-state index contributed by atoms with van der Waals surface area (Å²) in [6, 6.07) is 9.96. The molecule has 0 bridgehead atoms. The summed E-state index contributed by atoms with van der Waals surface area (Å²) in [5.74, 6) is 12.0. The molecule has 1 atom stereocenters. The van der Waals surface area contributed by atoms with Gasteiger partial charge in [0.15, 0.2) is 5.84 Å². The summed E-state index contributed by atoms with van der Waals surface area (Å²) in [5.41, 5.74) is 3.59. The molecule has 1 unspecified atom stereocenters. The van der Waals surface area contributed by atoms with Crippen molar-refractivity contribution in [1.82, 2.24) is 5.43 Å². The summed E-state index contributed by atoms with van der Waals surface area (Å²) in [6.07, 6.45) is 2.00. The van der Waals surface area contributed by atoms with Crippen LogP contribution in [0.2, 0.25) is 0 Å². The summed E-state index contributed by atoms with van der Waals surface area (Å²) in [4.78, 5) is 0. The van der Waals surface area contributed by atoms with E-state index < -0.39 is 0 Å². The first-order valence-corrected chi connectivity index (χ1v) is 6.23. The molecule has 0 fully saturated rings. The van der Waals surface area contributed by atoms with E-state index in [0.29, 0.717) is 11.8 Å². The molecule has 0 amide bonds. The molecule has 1 aromatic carbocycles. The highest BCUT2D eigenvalue weighted by atomic mass is 15.3. The van der Waals surface area contributed by atoms with Gasteiger partial charge in [-0.15, -0.1) is 0 Å². The number of para-hydroxylation sites is 1. The number of nitrogens with zero attached hydrogens (tertiary/aromatic N) is 1. The molecule has 0 spiro atoms. The van der Waals surface area contributed by atoms with Crippen LogP contribution in [0.15, 0.2) is 35.4 Å². The number of hydrazone groups is 1. The van der Waals surface area contributed by atoms with Crippen molar-refractivity contribution in [3.63, 3.8) is 0 Å². The minimum absolute atomic E-state index is 0.00444. The van der Waals surface area contributed by atoms with E-state index >= 15 is 0 Å². The van der Waals surface area contributed by atoms with Gasteiger partial charge in [-0.3, -0.25) is 0 Å². The van der Waals surface area contributed by atoms with Gasteiger partial charge in [0.2, 0.25) is 0 Å². The fraction of sp³-hybridized carbons (Fsp3) is 0.462. The minimum atomic E-state index is 0.00444. The van der Waals surface area contributed by atoms with Crippen molar-refractivity contribution in [3.8, 4) is 0 Å². The maximum absolute atomic E-state index is 5.44. The van der Waals surface area contributed by atoms with E-state index in [9.17, 15) is 0 Å². The van der Waals surface area contributed by atoms with Crippen molar-refractivity contribution in [2.45, 2.75) is 32.7 Å². The first-order chi connectivity index (χ1) is 8.67. The van der Waals surface area contributed by atoms with Crippen LogP contribution in [0, 0.1) is 5.92 Å². The lowest BCUT2D eigenvalue weighted by atomic mass is 10.0. The van der Waals surface area contributed by atoms with E-state index in [0.717, 1.165) is 18.5 Å². The standard InChI is InChI=1S/C13H23N5/c1-10(2)8-9-12(13(17-14)18-15)16-11-6-4-3-5-7-11/h3-7,10,12,16H,8-9,14-15H2,1-2H3,(H,17,18). The molecule has 0 heterocycles. The quantitative estimate of drug-likeness (QED) is 0.267. The highest BCUT2D eigenvalue weighted by Crippen LogP contribution is 2.13. The molecule has 6 N–H and O–H groups in total. The zero-order chi connectivity index (χ0) is 13.4. The number of anilines is 1. The van der Waals surface area contributed by atoms with Crippen LogP contribution in [0.3, 0.4) is 0 Å². The van der Waals surface area contributed by atoms with Crippen LogP contribution < -0.4 is 22.4 Å². The maximum atomic E-state index is 5.44. The number of nitrogens with two attached hydrogens (primary N) is 2. The maximum Gasteiger partial charge on any atom is 0.158 e. The van der Waals surface area contributed by atoms with Crippen LogP contribution in [0.5, 0.6) is 0 Å². The topological polar surface area (TPSA) is 88.5 Å². The molecule has 0 saturated carbocycles. The van der Waals surface area contributed by atoms with Crippen LogP contribution >= 0.6 is 0 Å². The van der Waals surface area contributed by atoms with Gasteiger partial charge in [0.25, 0.3) is 0 Å². The second kappa shape index (κ2) is 7.55. The molecule has 0 aliphatic carbocycles. The Labute approximate surface area is 109 Å². The van der Waals surface area contributed by atoms with Crippen molar-refractivity contribution in [2.75, 3.05) is 5.32 Å². The second-order valence-corrected chi connectivity index (χ2v) is 4.69. The molecular formula is C13H23N5. The average Bonchev–Trinajstić information content (AvgIpc) is 2.38. The molecule has 1 aromatic rings. The first kappa shape index (κ1) is 14.3. The third kappa shape index (κ3) is 4.63. The Balaban J connectivity index is 2.71. The third-order valence-corrected chi connectivity index (χ3v) is 2.76. The predicted molar refractivity (Wildman–Crippen MR) is 76.9 cm³/mol. The highest BCUT2D eigenvalue weighted by Gasteiger charge is 2.15. The number of benzene rings is 1. The summed E-state index contributed by atoms with van der Waals surface area (Å²) < 4.78 is 0. The van der Waals surface area contributed by atoms with Crippen LogP contribution in [0.4, 0.5) is 5.69 Å². The third-order valence-electron chi connectivity index (χ3n) is 2.76. The molecule has 0 saturated heterocycles. The van der Waals surface area contributed by atoms with Crippen molar-refractivity contribution >= 4 is 11.5 Å². The highest BCUT2D eigenvalue weighted by molar-refractivity contribution is 5.89. The Kier molecular flexibility index (Phi) is 6.00. The van der Waals surface area contributed by atoms with E-state index in [2.05, 4.69) is 29.7 Å². The lowest BCUT2D eigenvalue weighted by Crippen LogP contribution is -2.44. The lowest BCUT2D eigenvalue weighted by Gasteiger charge is -2.21. The summed E-state index contributed by atoms with van der Waals surface area (Å²) in [5, 5.41) is 7.08. The molecule has 5 heteroatoms. The number of hydrazine groups is 1. The first-order valence-electron chi connectivity index (χ1n) is 6.23. The van der Waals surface area contributed by atoms with E-state index in [1.807, 2.05) is 30.3 Å². The minimum Gasteiger partial charge on any atom is -0.375 e. The summed E-state index contributed by atoms with van der Waals surface area (Å²) in [7, 11) is 0. The fourth-order valence-corrected chi connectivity index (χ4v) is 1.74. The van der Waals surface area contributed by atoms with E-state index in [4.69, 9.17) is 11.7 Å². The SMILES string of the molecule is CC(C)CCC(Nc1ccccc1)/C(=N/N)NN. The molecule has 0 aliphatic rings. The molecule has 0 radical (unpaired) electrons. The van der Waals surface area contributed by atoms with Crippen molar-refractivity contribution < 1.29 is 0 Å². The van der Waals surface area contributed by atoms with Crippen molar-refractivity contribution in [3.05, 3.63) is 30.3 Å². The van der Waals surface area contributed by atoms with Crippen LogP contribution in [-0.2, 0) is 0 Å². The molecule has 100 valence electrons. The van der Waals surface area contributed by atoms with Crippen molar-refractivity contribution in [2.24, 2.45) is 22.7 Å². The number of rotatable bonds is 6. The zero-order valence-electron chi connectivity index (χ0n) is 11.1. The van der Waals surface area contributed by atoms with Crippen LogP contribution in [0.1, 0.15) is 26.7 Å². The smallest absolute Gasteiger partial charge is 0.158 e. The zero-order valence-corrected chi connectivity index (χ0v) is 11.1. The van der Waals surface area contributed by atoms with Crippen LogP contribution in [0.25, 0.3) is 0 Å². The normalized spacial score (nSPS) is 13.4. The number of amidine groups is 1. The van der Waals surface area contributed by atoms with Crippen LogP contribution in [-0.4, -0.2) is 11.9 Å². The monoisotopic (exact) mass is 249 g/mol. The van der Waals surface area contributed by atoms with Gasteiger partial charge in [0, 0.05) is 5.69 Å². The second-order valence-electron chi connectivity index (χ2n) is 4.69. The van der Waals surface area contributed by atoms with E-state index in [1.54, 1.807) is 0 Å². The summed E-state index contributed by atoms with van der Waals surface area (Å²) >= 11 is 0. The van der Waals surface area contributed by atoms with Gasteiger partial charge in [0.05, 0.1) is 6.04 Å². The Hall–Kier alpha value is -1.75. The number of nitrogens with one attached hydrogen (secondary N) is 2. The van der Waals surface area contributed by atoms with Gasteiger partial charge in [-0.05, 0) is 30.9 Å². The van der Waals surface area contributed by atoms with Gasteiger partial charge in [0.1, 0.15) is 0 Å². The largest absolute Gasteiger partial charge is 0.375 e. The van der Waals surface area contributed by atoms with Gasteiger partial charge in [-0.1, -0.05) is 32.0 Å². The molecule has 1 rings (SSSR count). The van der Waals surface area contributed by atoms with Gasteiger partial charge in [-0.2, -0.15) is 5.10 Å². The Morgan fingerprint density at radius 3 is 2.39 bits per heavy atom. The summed E-state index contributed by atoms with van der Waals surface area (Å²) in [6.45, 7) is 4.38. The molecule has 5 nitrogen and oxygen atoms in total. The number of hydrogen-bond acceptors (Lipinski definition) is 4. The molecule has 18 heavy (non-hydrogen) atoms. The molecule has 0 aliphatic heterocycles. The van der Waals surface area contributed by atoms with Gasteiger partial charge >= 0.3 is 0 Å². The van der Waals surface area contributed by atoms with Gasteiger partial charge < -0.3 is 16.6 Å². The van der Waals surface area contributed by atoms with E-state index in [-0.39, 0.29) is 6.04 Å². The Morgan fingerprint density at radius 2 is 1.89 bits per heavy atom. The Bertz CT molecular complexity index is 361. The van der Waals surface area contributed by atoms with Gasteiger partial charge in [-0.25, -0.2) is 5.84 Å². The lowest BCUT2D eigenvalue weighted by molar-refractivity contribution is 0.546. The van der Waals surface area contributed by atoms with Crippen molar-refractivity contribution in [1.29, 1.82) is 0 Å². The molecular weight excluding hydrogens is 226 g/mol. The predicted octanol–water partition coefficient (Wildman–Crippen LogP) is 1.64. The van der Waals surface area contributed by atoms with E-state index in [1.165, 1.54) is 0 Å². The number of hydrogen-bond donors (Lipinski definition) is 4. The average molecular weight is 249 g/mol. The molecule has 0 aromatic heterocycles.